The number of carbonyl (C=O) groups is 2. The first-order valence-corrected chi connectivity index (χ1v) is 3.67. The predicted octanol–water partition coefficient (Wildman–Crippen LogP) is 0.912. The third-order valence-electron chi connectivity index (χ3n) is 1.89. The number of hydrogen-bond acceptors (Lipinski definition) is 3. The Kier molecular flexibility index (Phi) is 2.29. The third-order valence-corrected chi connectivity index (χ3v) is 1.89. The molecule has 4 nitrogen and oxygen atoms in total. The van der Waals surface area contributed by atoms with Crippen LogP contribution in [-0.2, 0) is 7.05 Å². The van der Waals surface area contributed by atoms with Gasteiger partial charge in [-0.2, -0.15) is 5.26 Å². The Morgan fingerprint density at radius 1 is 1.69 bits per heavy atom. The largest absolute Gasteiger partial charge is 0.333 e. The number of aromatic nitrogens is 1. The summed E-state index contributed by atoms with van der Waals surface area (Å²) in [5.74, 6) is -0.209. The SMILES string of the molecule is CC(=O)c1cc(C#N)n(C)c1C=O. The molecule has 0 atom stereocenters. The first-order valence-electron chi connectivity index (χ1n) is 3.67. The summed E-state index contributed by atoms with van der Waals surface area (Å²) in [4.78, 5) is 21.6. The van der Waals surface area contributed by atoms with Gasteiger partial charge in [-0.05, 0) is 13.0 Å². The van der Waals surface area contributed by atoms with Crippen molar-refractivity contribution in [1.29, 1.82) is 5.26 Å². The van der Waals surface area contributed by atoms with E-state index in [2.05, 4.69) is 0 Å². The van der Waals surface area contributed by atoms with Crippen molar-refractivity contribution in [2.75, 3.05) is 0 Å². The molecule has 4 heteroatoms. The molecule has 66 valence electrons. The topological polar surface area (TPSA) is 62.9 Å². The lowest BCUT2D eigenvalue weighted by Crippen LogP contribution is -2.01. The summed E-state index contributed by atoms with van der Waals surface area (Å²) in [5, 5.41) is 8.64. The maximum atomic E-state index is 11.0. The van der Waals surface area contributed by atoms with E-state index in [4.69, 9.17) is 5.26 Å². The monoisotopic (exact) mass is 176 g/mol. The minimum Gasteiger partial charge on any atom is -0.333 e. The van der Waals surface area contributed by atoms with E-state index >= 15 is 0 Å². The van der Waals surface area contributed by atoms with Crippen LogP contribution >= 0.6 is 0 Å². The molecule has 13 heavy (non-hydrogen) atoms. The summed E-state index contributed by atoms with van der Waals surface area (Å²) in [5.41, 5.74) is 0.866. The maximum Gasteiger partial charge on any atom is 0.167 e. The molecule has 0 aliphatic heterocycles. The third kappa shape index (κ3) is 1.36. The summed E-state index contributed by atoms with van der Waals surface area (Å²) >= 11 is 0. The zero-order valence-corrected chi connectivity index (χ0v) is 7.37. The van der Waals surface area contributed by atoms with Gasteiger partial charge in [-0.25, -0.2) is 0 Å². The molecule has 0 saturated carbocycles. The summed E-state index contributed by atoms with van der Waals surface area (Å²) < 4.78 is 1.41. The van der Waals surface area contributed by atoms with Gasteiger partial charge in [0, 0.05) is 12.6 Å². The Morgan fingerprint density at radius 2 is 2.31 bits per heavy atom. The Morgan fingerprint density at radius 3 is 2.62 bits per heavy atom. The maximum absolute atomic E-state index is 11.0. The van der Waals surface area contributed by atoms with Gasteiger partial charge in [-0.15, -0.1) is 0 Å². The van der Waals surface area contributed by atoms with Crippen LogP contribution in [0.1, 0.15) is 33.5 Å². The van der Waals surface area contributed by atoms with E-state index in [0.29, 0.717) is 17.5 Å². The van der Waals surface area contributed by atoms with Gasteiger partial charge in [0.1, 0.15) is 11.8 Å². The van der Waals surface area contributed by atoms with E-state index in [9.17, 15) is 9.59 Å². The van der Waals surface area contributed by atoms with E-state index in [1.165, 1.54) is 17.6 Å². The minimum atomic E-state index is -0.209. The molecule has 0 saturated heterocycles. The van der Waals surface area contributed by atoms with Gasteiger partial charge in [-0.1, -0.05) is 0 Å². The fourth-order valence-electron chi connectivity index (χ4n) is 1.15. The van der Waals surface area contributed by atoms with E-state index in [1.807, 2.05) is 6.07 Å². The average Bonchev–Trinajstić information content (AvgIpc) is 2.42. The molecule has 1 rings (SSSR count). The van der Waals surface area contributed by atoms with Crippen LogP contribution in [0.25, 0.3) is 0 Å². The molecule has 0 N–H and O–H groups in total. The molecular formula is C9H8N2O2. The predicted molar refractivity (Wildman–Crippen MR) is 45.5 cm³/mol. The van der Waals surface area contributed by atoms with E-state index in [-0.39, 0.29) is 11.5 Å². The number of Topliss-reactive ketones (excluding diaryl/α,β-unsaturated/α-hetero) is 1. The zero-order valence-electron chi connectivity index (χ0n) is 7.37. The number of ketones is 1. The van der Waals surface area contributed by atoms with Gasteiger partial charge in [0.25, 0.3) is 0 Å². The molecule has 0 spiro atoms. The normalized spacial score (nSPS) is 9.31. The summed E-state index contributed by atoms with van der Waals surface area (Å²) in [6, 6.07) is 3.32. The smallest absolute Gasteiger partial charge is 0.167 e. The standard InChI is InChI=1S/C9H8N2O2/c1-6(13)8-3-7(4-10)11(2)9(8)5-12/h3,5H,1-2H3. The van der Waals surface area contributed by atoms with Gasteiger partial charge >= 0.3 is 0 Å². The van der Waals surface area contributed by atoms with Gasteiger partial charge in [-0.3, -0.25) is 9.59 Å². The van der Waals surface area contributed by atoms with Crippen molar-refractivity contribution in [2.24, 2.45) is 7.05 Å². The first-order chi connectivity index (χ1) is 6.11. The first kappa shape index (κ1) is 9.20. The molecule has 1 aromatic rings. The van der Waals surface area contributed by atoms with Crippen molar-refractivity contribution >= 4 is 12.1 Å². The highest BCUT2D eigenvalue weighted by atomic mass is 16.1. The molecule has 0 unspecified atom stereocenters. The van der Waals surface area contributed by atoms with Crippen LogP contribution in [0.3, 0.4) is 0 Å². The summed E-state index contributed by atoms with van der Waals surface area (Å²) in [7, 11) is 1.58. The average molecular weight is 176 g/mol. The van der Waals surface area contributed by atoms with Crippen molar-refractivity contribution in [1.82, 2.24) is 4.57 Å². The van der Waals surface area contributed by atoms with E-state index in [0.717, 1.165) is 0 Å². The van der Waals surface area contributed by atoms with Gasteiger partial charge in [0.2, 0.25) is 0 Å². The van der Waals surface area contributed by atoms with Crippen molar-refractivity contribution < 1.29 is 9.59 Å². The Hall–Kier alpha value is -1.89. The molecule has 0 aromatic carbocycles. The molecule has 1 aromatic heterocycles. The van der Waals surface area contributed by atoms with Crippen LogP contribution in [0.2, 0.25) is 0 Å². The second-order valence-electron chi connectivity index (χ2n) is 2.67. The van der Waals surface area contributed by atoms with Crippen molar-refractivity contribution in [3.8, 4) is 6.07 Å². The Labute approximate surface area is 75.4 Å². The van der Waals surface area contributed by atoms with E-state index < -0.39 is 0 Å². The zero-order chi connectivity index (χ0) is 10.0. The van der Waals surface area contributed by atoms with Crippen LogP contribution in [0, 0.1) is 11.3 Å². The quantitative estimate of drug-likeness (QED) is 0.497. The molecule has 0 aliphatic rings. The highest BCUT2D eigenvalue weighted by Crippen LogP contribution is 2.12. The lowest BCUT2D eigenvalue weighted by Gasteiger charge is -1.96. The number of hydrogen-bond donors (Lipinski definition) is 0. The second-order valence-corrected chi connectivity index (χ2v) is 2.67. The fraction of sp³-hybridized carbons (Fsp3) is 0.222. The summed E-state index contributed by atoms with van der Waals surface area (Å²) in [6.45, 7) is 1.36. The van der Waals surface area contributed by atoms with E-state index in [1.54, 1.807) is 7.05 Å². The molecule has 1 heterocycles. The van der Waals surface area contributed by atoms with Gasteiger partial charge < -0.3 is 4.57 Å². The lowest BCUT2D eigenvalue weighted by molar-refractivity contribution is 0.100. The Balaban J connectivity index is 3.47. The number of carbonyl (C=O) groups excluding carboxylic acids is 2. The van der Waals surface area contributed by atoms with Gasteiger partial charge in [0.15, 0.2) is 12.1 Å². The second kappa shape index (κ2) is 3.23. The number of aldehydes is 1. The van der Waals surface area contributed by atoms with Crippen LogP contribution in [0.4, 0.5) is 0 Å². The molecular weight excluding hydrogens is 168 g/mol. The molecule has 0 fully saturated rings. The van der Waals surface area contributed by atoms with Crippen LogP contribution in [0.15, 0.2) is 6.07 Å². The van der Waals surface area contributed by atoms with Crippen LogP contribution < -0.4 is 0 Å². The van der Waals surface area contributed by atoms with Gasteiger partial charge in [0.05, 0.1) is 5.69 Å². The van der Waals surface area contributed by atoms with Crippen LogP contribution in [-0.4, -0.2) is 16.6 Å². The lowest BCUT2D eigenvalue weighted by atomic mass is 10.2. The Bertz CT molecular complexity index is 410. The highest BCUT2D eigenvalue weighted by molar-refractivity contribution is 6.01. The van der Waals surface area contributed by atoms with Crippen molar-refractivity contribution in [3.05, 3.63) is 23.0 Å². The number of nitrogens with zero attached hydrogens (tertiary/aromatic N) is 2. The fourth-order valence-corrected chi connectivity index (χ4v) is 1.15. The van der Waals surface area contributed by atoms with Crippen molar-refractivity contribution in [2.45, 2.75) is 6.92 Å². The molecule has 0 bridgehead atoms. The molecule has 0 radical (unpaired) electrons. The highest BCUT2D eigenvalue weighted by Gasteiger charge is 2.14. The van der Waals surface area contributed by atoms with Crippen LogP contribution in [0.5, 0.6) is 0 Å². The molecule has 0 amide bonds. The number of rotatable bonds is 2. The number of nitriles is 1. The molecule has 0 aliphatic carbocycles. The minimum absolute atomic E-state index is 0.209. The summed E-state index contributed by atoms with van der Waals surface area (Å²) in [6.07, 6.45) is 0.581. The van der Waals surface area contributed by atoms with Crippen molar-refractivity contribution in [3.63, 3.8) is 0 Å².